The number of benzene rings is 1. The van der Waals surface area contributed by atoms with E-state index in [1.54, 1.807) is 6.07 Å². The molecule has 0 unspecified atom stereocenters. The van der Waals surface area contributed by atoms with Gasteiger partial charge in [0.1, 0.15) is 28.9 Å². The number of hydrogen-bond donors (Lipinski definition) is 1. The number of halogens is 1. The largest absolute Gasteiger partial charge is 0.482 e. The maximum Gasteiger partial charge on any atom is 0.262 e. The molecule has 1 aliphatic heterocycles. The highest BCUT2D eigenvalue weighted by Crippen LogP contribution is 2.32. The fourth-order valence-corrected chi connectivity index (χ4v) is 1.23. The summed E-state index contributed by atoms with van der Waals surface area (Å²) in [7, 11) is 0. The lowest BCUT2D eigenvalue weighted by Crippen LogP contribution is -2.26. The third kappa shape index (κ3) is 1.17. The standard InChI is InChI=1S/C9H5FN2O2/c10-6-1-2-7-9(5(6)3-11)12-8(13)4-14-7/h1-2H,4H2,(H,12,13). The summed E-state index contributed by atoms with van der Waals surface area (Å²) in [6, 6.07) is 4.19. The summed E-state index contributed by atoms with van der Waals surface area (Å²) in [5, 5.41) is 11.1. The number of rotatable bonds is 0. The number of ether oxygens (including phenoxy) is 1. The van der Waals surface area contributed by atoms with Crippen molar-refractivity contribution in [3.8, 4) is 11.8 Å². The lowest BCUT2D eigenvalue weighted by molar-refractivity contribution is -0.118. The van der Waals surface area contributed by atoms with E-state index in [0.717, 1.165) is 6.07 Å². The molecular weight excluding hydrogens is 187 g/mol. The van der Waals surface area contributed by atoms with Crippen LogP contribution in [0.4, 0.5) is 10.1 Å². The Morgan fingerprint density at radius 2 is 2.36 bits per heavy atom. The second-order valence-electron chi connectivity index (χ2n) is 2.74. The maximum absolute atomic E-state index is 13.1. The number of hydrogen-bond acceptors (Lipinski definition) is 3. The molecule has 1 heterocycles. The highest BCUT2D eigenvalue weighted by molar-refractivity contribution is 5.96. The van der Waals surface area contributed by atoms with E-state index in [9.17, 15) is 9.18 Å². The van der Waals surface area contributed by atoms with Crippen LogP contribution < -0.4 is 10.1 Å². The number of fused-ring (bicyclic) bond motifs is 1. The van der Waals surface area contributed by atoms with Crippen molar-refractivity contribution in [2.24, 2.45) is 0 Å². The molecule has 0 bridgehead atoms. The van der Waals surface area contributed by atoms with Crippen LogP contribution in [0.1, 0.15) is 5.56 Å². The van der Waals surface area contributed by atoms with E-state index in [4.69, 9.17) is 10.00 Å². The molecule has 1 aliphatic rings. The molecule has 0 atom stereocenters. The Kier molecular flexibility index (Phi) is 1.82. The second kappa shape index (κ2) is 3.00. The predicted octanol–water partition coefficient (Wildman–Crippen LogP) is 1.03. The third-order valence-corrected chi connectivity index (χ3v) is 1.85. The van der Waals surface area contributed by atoms with E-state index in [0.29, 0.717) is 5.75 Å². The minimum absolute atomic E-state index is 0.108. The molecule has 1 aromatic rings. The molecule has 0 aliphatic carbocycles. The van der Waals surface area contributed by atoms with Gasteiger partial charge < -0.3 is 10.1 Å². The Labute approximate surface area is 78.9 Å². The lowest BCUT2D eigenvalue weighted by Gasteiger charge is -2.18. The second-order valence-corrected chi connectivity index (χ2v) is 2.74. The van der Waals surface area contributed by atoms with E-state index < -0.39 is 5.82 Å². The first kappa shape index (κ1) is 8.51. The summed E-state index contributed by atoms with van der Waals surface area (Å²) in [5.41, 5.74) is -0.0840. The number of anilines is 1. The quantitative estimate of drug-likeness (QED) is 0.667. The summed E-state index contributed by atoms with van der Waals surface area (Å²) < 4.78 is 18.1. The monoisotopic (exact) mass is 192 g/mol. The van der Waals surface area contributed by atoms with Gasteiger partial charge in [0.05, 0.1) is 0 Å². The molecule has 4 nitrogen and oxygen atoms in total. The maximum atomic E-state index is 13.1. The zero-order valence-corrected chi connectivity index (χ0v) is 7.00. The van der Waals surface area contributed by atoms with Crippen molar-refractivity contribution in [1.29, 1.82) is 5.26 Å². The Balaban J connectivity index is 2.61. The van der Waals surface area contributed by atoms with Gasteiger partial charge in [0, 0.05) is 0 Å². The summed E-state index contributed by atoms with van der Waals surface area (Å²) in [6.07, 6.45) is 0. The van der Waals surface area contributed by atoms with Gasteiger partial charge in [0.2, 0.25) is 0 Å². The van der Waals surface area contributed by atoms with Gasteiger partial charge in [-0.05, 0) is 12.1 Å². The van der Waals surface area contributed by atoms with Crippen molar-refractivity contribution < 1.29 is 13.9 Å². The van der Waals surface area contributed by atoms with Crippen LogP contribution in [0.2, 0.25) is 0 Å². The SMILES string of the molecule is N#Cc1c(F)ccc2c1NC(=O)CO2. The molecule has 0 saturated heterocycles. The van der Waals surface area contributed by atoms with Gasteiger partial charge >= 0.3 is 0 Å². The molecule has 0 aromatic heterocycles. The molecule has 5 heteroatoms. The molecule has 1 aromatic carbocycles. The highest BCUT2D eigenvalue weighted by Gasteiger charge is 2.21. The van der Waals surface area contributed by atoms with Gasteiger partial charge in [-0.3, -0.25) is 4.79 Å². The molecule has 0 saturated carbocycles. The van der Waals surface area contributed by atoms with Crippen molar-refractivity contribution in [3.05, 3.63) is 23.5 Å². The number of nitrogens with one attached hydrogen (secondary N) is 1. The van der Waals surface area contributed by atoms with Crippen LogP contribution in [0.15, 0.2) is 12.1 Å². The molecule has 0 fully saturated rings. The zero-order valence-electron chi connectivity index (χ0n) is 7.00. The van der Waals surface area contributed by atoms with E-state index in [1.165, 1.54) is 6.07 Å². The third-order valence-electron chi connectivity index (χ3n) is 1.85. The first-order valence-corrected chi connectivity index (χ1v) is 3.87. The normalized spacial score (nSPS) is 13.6. The molecule has 1 amide bonds. The number of carbonyl (C=O) groups excluding carboxylic acids is 1. The van der Waals surface area contributed by atoms with E-state index >= 15 is 0 Å². The molecule has 2 rings (SSSR count). The van der Waals surface area contributed by atoms with Crippen LogP contribution >= 0.6 is 0 Å². The average Bonchev–Trinajstić information content (AvgIpc) is 2.17. The van der Waals surface area contributed by atoms with Gasteiger partial charge in [-0.2, -0.15) is 5.26 Å². The molecular formula is C9H5FN2O2. The molecule has 14 heavy (non-hydrogen) atoms. The number of carbonyl (C=O) groups is 1. The minimum atomic E-state index is -0.669. The molecule has 0 spiro atoms. The van der Waals surface area contributed by atoms with Crippen LogP contribution in [0.25, 0.3) is 0 Å². The van der Waals surface area contributed by atoms with Crippen molar-refractivity contribution in [1.82, 2.24) is 0 Å². The van der Waals surface area contributed by atoms with E-state index in [2.05, 4.69) is 5.32 Å². The van der Waals surface area contributed by atoms with Gasteiger partial charge in [-0.15, -0.1) is 0 Å². The number of nitrogens with zero attached hydrogens (tertiary/aromatic N) is 1. The van der Waals surface area contributed by atoms with E-state index in [-0.39, 0.29) is 23.8 Å². The van der Waals surface area contributed by atoms with Crippen LogP contribution in [0.5, 0.6) is 5.75 Å². The first-order chi connectivity index (χ1) is 6.72. The summed E-state index contributed by atoms with van der Waals surface area (Å²) in [6.45, 7) is -0.108. The summed E-state index contributed by atoms with van der Waals surface area (Å²) >= 11 is 0. The fraction of sp³-hybridized carbons (Fsp3) is 0.111. The van der Waals surface area contributed by atoms with Gasteiger partial charge in [-0.25, -0.2) is 4.39 Å². The van der Waals surface area contributed by atoms with E-state index in [1.807, 2.05) is 0 Å². The lowest BCUT2D eigenvalue weighted by atomic mass is 10.1. The predicted molar refractivity (Wildman–Crippen MR) is 45.2 cm³/mol. The van der Waals surface area contributed by atoms with Gasteiger partial charge in [-0.1, -0.05) is 0 Å². The average molecular weight is 192 g/mol. The van der Waals surface area contributed by atoms with Crippen molar-refractivity contribution in [2.75, 3.05) is 11.9 Å². The Morgan fingerprint density at radius 3 is 3.07 bits per heavy atom. The Hall–Kier alpha value is -2.09. The van der Waals surface area contributed by atoms with Crippen molar-refractivity contribution in [3.63, 3.8) is 0 Å². The fourth-order valence-electron chi connectivity index (χ4n) is 1.23. The Bertz CT molecular complexity index is 451. The first-order valence-electron chi connectivity index (χ1n) is 3.87. The summed E-state index contributed by atoms with van der Waals surface area (Å²) in [5.74, 6) is -0.737. The van der Waals surface area contributed by atoms with Gasteiger partial charge in [0.15, 0.2) is 6.61 Å². The van der Waals surface area contributed by atoms with Crippen LogP contribution in [-0.2, 0) is 4.79 Å². The number of nitriles is 1. The highest BCUT2D eigenvalue weighted by atomic mass is 19.1. The van der Waals surface area contributed by atoms with Crippen LogP contribution in [0, 0.1) is 17.1 Å². The Morgan fingerprint density at radius 1 is 1.57 bits per heavy atom. The summed E-state index contributed by atoms with van der Waals surface area (Å²) in [4.78, 5) is 10.9. The van der Waals surface area contributed by atoms with Crippen molar-refractivity contribution >= 4 is 11.6 Å². The zero-order chi connectivity index (χ0) is 10.1. The van der Waals surface area contributed by atoms with Crippen molar-refractivity contribution in [2.45, 2.75) is 0 Å². The molecule has 0 radical (unpaired) electrons. The smallest absolute Gasteiger partial charge is 0.262 e. The number of amides is 1. The topological polar surface area (TPSA) is 62.1 Å². The van der Waals surface area contributed by atoms with Gasteiger partial charge in [0.25, 0.3) is 5.91 Å². The minimum Gasteiger partial charge on any atom is -0.482 e. The van der Waals surface area contributed by atoms with Crippen LogP contribution in [-0.4, -0.2) is 12.5 Å². The molecule has 1 N–H and O–H groups in total. The van der Waals surface area contributed by atoms with Crippen LogP contribution in [0.3, 0.4) is 0 Å². The molecule has 70 valence electrons.